The third kappa shape index (κ3) is 2.62. The molecule has 1 aliphatic rings. The summed E-state index contributed by atoms with van der Waals surface area (Å²) in [5.41, 5.74) is 0.157. The van der Waals surface area contributed by atoms with E-state index in [4.69, 9.17) is 17.3 Å². The first-order chi connectivity index (χ1) is 8.93. The van der Waals surface area contributed by atoms with E-state index in [0.717, 1.165) is 23.9 Å². The Morgan fingerprint density at radius 3 is 2.47 bits per heavy atom. The molecule has 100 valence electrons. The van der Waals surface area contributed by atoms with Crippen molar-refractivity contribution in [1.29, 1.82) is 0 Å². The lowest BCUT2D eigenvalue weighted by Gasteiger charge is -2.09. The van der Waals surface area contributed by atoms with E-state index in [2.05, 4.69) is 0 Å². The Kier molecular flexibility index (Phi) is 3.86. The minimum Gasteiger partial charge on any atom is -0.503 e. The van der Waals surface area contributed by atoms with Gasteiger partial charge in [0, 0.05) is 6.54 Å². The fourth-order valence-corrected chi connectivity index (χ4v) is 2.98. The second-order valence-corrected chi connectivity index (χ2v) is 5.43. The van der Waals surface area contributed by atoms with Crippen molar-refractivity contribution >= 4 is 40.3 Å². The van der Waals surface area contributed by atoms with Crippen molar-refractivity contribution in [3.63, 3.8) is 0 Å². The number of halogens is 2. The Balaban J connectivity index is 2.38. The predicted octanol–water partition coefficient (Wildman–Crippen LogP) is 2.89. The number of carbonyl (C=O) groups is 1. The number of phenols is 1. The van der Waals surface area contributed by atoms with Crippen molar-refractivity contribution in [1.82, 2.24) is 4.90 Å². The second-order valence-electron chi connectivity index (χ2n) is 3.76. The summed E-state index contributed by atoms with van der Waals surface area (Å²) in [6.45, 7) is 2.23. The van der Waals surface area contributed by atoms with Crippen LogP contribution in [0.5, 0.6) is 5.75 Å². The van der Waals surface area contributed by atoms with Crippen molar-refractivity contribution in [2.24, 2.45) is 0 Å². The summed E-state index contributed by atoms with van der Waals surface area (Å²) in [4.78, 5) is 13.6. The highest BCUT2D eigenvalue weighted by Gasteiger charge is 2.30. The predicted molar refractivity (Wildman–Crippen MR) is 73.6 cm³/mol. The minimum absolute atomic E-state index is 0.157. The van der Waals surface area contributed by atoms with Gasteiger partial charge in [0.1, 0.15) is 4.32 Å². The molecule has 0 aromatic heterocycles. The van der Waals surface area contributed by atoms with Crippen LogP contribution < -0.4 is 0 Å². The fourth-order valence-electron chi connectivity index (χ4n) is 1.59. The van der Waals surface area contributed by atoms with Gasteiger partial charge in [0.2, 0.25) is 0 Å². The number of thiocarbonyl (C=S) groups is 1. The van der Waals surface area contributed by atoms with Crippen LogP contribution in [0.25, 0.3) is 6.08 Å². The summed E-state index contributed by atoms with van der Waals surface area (Å²) >= 11 is 6.10. The number of thioether (sulfide) groups is 1. The van der Waals surface area contributed by atoms with E-state index in [1.165, 1.54) is 11.0 Å². The molecule has 1 heterocycles. The average molecular weight is 301 g/mol. The smallest absolute Gasteiger partial charge is 0.266 e. The van der Waals surface area contributed by atoms with Gasteiger partial charge in [-0.05, 0) is 30.7 Å². The van der Waals surface area contributed by atoms with Gasteiger partial charge in [-0.1, -0.05) is 24.0 Å². The molecule has 0 bridgehead atoms. The zero-order valence-electron chi connectivity index (χ0n) is 9.81. The zero-order chi connectivity index (χ0) is 14.2. The molecule has 0 unspecified atom stereocenters. The Bertz CT molecular complexity index is 578. The van der Waals surface area contributed by atoms with Crippen molar-refractivity contribution in [3.8, 4) is 5.75 Å². The molecule has 0 aliphatic carbocycles. The number of aromatic hydroxyl groups is 1. The van der Waals surface area contributed by atoms with Crippen LogP contribution in [-0.4, -0.2) is 26.8 Å². The van der Waals surface area contributed by atoms with E-state index in [1.807, 2.05) is 0 Å². The summed E-state index contributed by atoms with van der Waals surface area (Å²) < 4.78 is 26.8. The molecular weight excluding hydrogens is 292 g/mol. The molecule has 1 amide bonds. The van der Waals surface area contributed by atoms with Crippen molar-refractivity contribution in [3.05, 3.63) is 34.2 Å². The molecule has 2 rings (SSSR count). The number of benzene rings is 1. The summed E-state index contributed by atoms with van der Waals surface area (Å²) in [5, 5.41) is 8.99. The van der Waals surface area contributed by atoms with Crippen LogP contribution in [0.1, 0.15) is 12.5 Å². The molecule has 1 aliphatic heterocycles. The van der Waals surface area contributed by atoms with E-state index in [9.17, 15) is 13.6 Å². The van der Waals surface area contributed by atoms with Crippen LogP contribution >= 0.6 is 24.0 Å². The molecule has 7 heteroatoms. The SMILES string of the molecule is CCN1C(=O)/C(=C/c2cc(F)c(O)c(F)c2)SC1=S. The molecule has 1 aromatic rings. The van der Waals surface area contributed by atoms with E-state index < -0.39 is 17.4 Å². The monoisotopic (exact) mass is 301 g/mol. The maximum absolute atomic E-state index is 13.2. The molecule has 1 fully saturated rings. The van der Waals surface area contributed by atoms with Crippen molar-refractivity contribution in [2.75, 3.05) is 6.54 Å². The van der Waals surface area contributed by atoms with Gasteiger partial charge in [-0.3, -0.25) is 9.69 Å². The number of phenolic OH excluding ortho intramolecular Hbond substituents is 1. The van der Waals surface area contributed by atoms with Gasteiger partial charge in [0.15, 0.2) is 17.4 Å². The Morgan fingerprint density at radius 1 is 1.42 bits per heavy atom. The number of rotatable bonds is 2. The second kappa shape index (κ2) is 5.26. The fraction of sp³-hybridized carbons (Fsp3) is 0.167. The van der Waals surface area contributed by atoms with Crippen molar-refractivity contribution in [2.45, 2.75) is 6.92 Å². The summed E-state index contributed by atoms with van der Waals surface area (Å²) in [5.74, 6) is -3.46. The lowest BCUT2D eigenvalue weighted by molar-refractivity contribution is -0.121. The highest BCUT2D eigenvalue weighted by Crippen LogP contribution is 2.33. The van der Waals surface area contributed by atoms with Gasteiger partial charge < -0.3 is 5.11 Å². The van der Waals surface area contributed by atoms with Crippen LogP contribution in [0, 0.1) is 11.6 Å². The first-order valence-corrected chi connectivity index (χ1v) is 6.60. The molecule has 0 atom stereocenters. The van der Waals surface area contributed by atoms with Gasteiger partial charge >= 0.3 is 0 Å². The van der Waals surface area contributed by atoms with Crippen LogP contribution in [0.15, 0.2) is 17.0 Å². The third-order valence-corrected chi connectivity index (χ3v) is 3.90. The first kappa shape index (κ1) is 14.0. The van der Waals surface area contributed by atoms with Gasteiger partial charge in [-0.25, -0.2) is 8.78 Å². The standard InChI is InChI=1S/C12H9F2NO2S2/c1-2-15-11(17)9(19-12(15)18)5-6-3-7(13)10(16)8(14)4-6/h3-5,16H,2H2,1H3/b9-5-. The van der Waals surface area contributed by atoms with Gasteiger partial charge in [0.25, 0.3) is 5.91 Å². The maximum atomic E-state index is 13.2. The minimum atomic E-state index is -1.07. The van der Waals surface area contributed by atoms with Crippen molar-refractivity contribution < 1.29 is 18.7 Å². The molecular formula is C12H9F2NO2S2. The van der Waals surface area contributed by atoms with E-state index in [-0.39, 0.29) is 11.5 Å². The number of likely N-dealkylation sites (N-methyl/N-ethyl adjacent to an activating group) is 1. The molecule has 3 nitrogen and oxygen atoms in total. The van der Waals surface area contributed by atoms with Gasteiger partial charge in [-0.2, -0.15) is 0 Å². The summed E-state index contributed by atoms with van der Waals surface area (Å²) in [6, 6.07) is 1.91. The molecule has 0 spiro atoms. The quantitative estimate of drug-likeness (QED) is 0.673. The molecule has 0 radical (unpaired) electrons. The Hall–Kier alpha value is -1.47. The van der Waals surface area contributed by atoms with Crippen LogP contribution in [0.4, 0.5) is 8.78 Å². The molecule has 1 aromatic carbocycles. The normalized spacial score (nSPS) is 17.6. The number of carbonyl (C=O) groups excluding carboxylic acids is 1. The number of hydrogen-bond acceptors (Lipinski definition) is 4. The third-order valence-electron chi connectivity index (χ3n) is 2.53. The molecule has 19 heavy (non-hydrogen) atoms. The molecule has 1 saturated heterocycles. The zero-order valence-corrected chi connectivity index (χ0v) is 11.4. The average Bonchev–Trinajstić information content (AvgIpc) is 2.61. The van der Waals surface area contributed by atoms with E-state index in [0.29, 0.717) is 15.8 Å². The van der Waals surface area contributed by atoms with E-state index in [1.54, 1.807) is 6.92 Å². The lowest BCUT2D eigenvalue weighted by Crippen LogP contribution is -2.27. The highest BCUT2D eigenvalue weighted by molar-refractivity contribution is 8.26. The maximum Gasteiger partial charge on any atom is 0.266 e. The van der Waals surface area contributed by atoms with E-state index >= 15 is 0 Å². The number of hydrogen-bond donors (Lipinski definition) is 1. The van der Waals surface area contributed by atoms with Gasteiger partial charge in [0.05, 0.1) is 4.91 Å². The van der Waals surface area contributed by atoms with Crippen LogP contribution in [0.2, 0.25) is 0 Å². The molecule has 1 N–H and O–H groups in total. The number of nitrogens with zero attached hydrogens (tertiary/aromatic N) is 1. The lowest BCUT2D eigenvalue weighted by atomic mass is 10.2. The van der Waals surface area contributed by atoms with Crippen LogP contribution in [0.3, 0.4) is 0 Å². The summed E-state index contributed by atoms with van der Waals surface area (Å²) in [6.07, 6.45) is 1.35. The Morgan fingerprint density at radius 2 is 2.00 bits per heavy atom. The molecule has 0 saturated carbocycles. The Labute approximate surface area is 117 Å². The number of amides is 1. The first-order valence-electron chi connectivity index (χ1n) is 5.37. The summed E-state index contributed by atoms with van der Waals surface area (Å²) in [7, 11) is 0. The topological polar surface area (TPSA) is 40.5 Å². The largest absolute Gasteiger partial charge is 0.503 e. The highest BCUT2D eigenvalue weighted by atomic mass is 32.2. The van der Waals surface area contributed by atoms with Crippen LogP contribution in [-0.2, 0) is 4.79 Å². The van der Waals surface area contributed by atoms with Gasteiger partial charge in [-0.15, -0.1) is 0 Å².